The van der Waals surface area contributed by atoms with Crippen LogP contribution in [0.1, 0.15) is 12.5 Å². The van der Waals surface area contributed by atoms with E-state index in [0.717, 1.165) is 16.8 Å². The summed E-state index contributed by atoms with van der Waals surface area (Å²) in [5.74, 6) is -0.453. The number of benzene rings is 2. The van der Waals surface area contributed by atoms with Crippen LogP contribution in [0.15, 0.2) is 47.4 Å². The number of anilines is 1. The monoisotopic (exact) mass is 525 g/mol. The molecule has 3 rings (SSSR count). The van der Waals surface area contributed by atoms with Crippen molar-refractivity contribution in [2.45, 2.75) is 6.92 Å². The minimum Gasteiger partial charge on any atom is -0.482 e. The van der Waals surface area contributed by atoms with E-state index in [4.69, 9.17) is 44.9 Å². The van der Waals surface area contributed by atoms with Gasteiger partial charge in [0.1, 0.15) is 5.75 Å². The van der Waals surface area contributed by atoms with Gasteiger partial charge in [0, 0.05) is 5.69 Å². The molecule has 0 bridgehead atoms. The van der Waals surface area contributed by atoms with E-state index >= 15 is 0 Å². The molecule has 1 saturated heterocycles. The molecule has 1 fully saturated rings. The van der Waals surface area contributed by atoms with Crippen LogP contribution in [-0.2, 0) is 14.3 Å². The van der Waals surface area contributed by atoms with Gasteiger partial charge < -0.3 is 14.8 Å². The number of thiocarbonyl (C=S) groups is 1. The molecule has 0 saturated carbocycles. The molecular formula is C21H17Cl2N3O5S2. The number of thioether (sulfide) groups is 1. The Kier molecular flexibility index (Phi) is 8.56. The molecule has 0 atom stereocenters. The van der Waals surface area contributed by atoms with Crippen LogP contribution in [0.2, 0.25) is 10.0 Å². The van der Waals surface area contributed by atoms with Crippen molar-refractivity contribution in [1.82, 2.24) is 10.4 Å². The molecule has 0 radical (unpaired) electrons. The molecule has 0 aliphatic carbocycles. The van der Waals surface area contributed by atoms with Gasteiger partial charge in [0.05, 0.1) is 21.6 Å². The molecule has 3 amide bonds. The third-order valence-corrected chi connectivity index (χ3v) is 6.07. The van der Waals surface area contributed by atoms with Gasteiger partial charge >= 0.3 is 12.0 Å². The lowest BCUT2D eigenvalue weighted by molar-refractivity contribution is -0.145. The minimum absolute atomic E-state index is 0.171. The second-order valence-electron chi connectivity index (χ2n) is 6.37. The molecule has 1 aliphatic heterocycles. The predicted octanol–water partition coefficient (Wildman–Crippen LogP) is 4.87. The van der Waals surface area contributed by atoms with Gasteiger partial charge in [-0.05, 0) is 61.1 Å². The van der Waals surface area contributed by atoms with E-state index in [1.54, 1.807) is 43.3 Å². The van der Waals surface area contributed by atoms with E-state index in [9.17, 15) is 14.4 Å². The number of esters is 1. The van der Waals surface area contributed by atoms with Crippen LogP contribution in [0.4, 0.5) is 10.5 Å². The first kappa shape index (κ1) is 24.8. The molecule has 1 aliphatic rings. The fraction of sp³-hybridized carbons (Fsp3) is 0.143. The van der Waals surface area contributed by atoms with E-state index in [2.05, 4.69) is 10.7 Å². The van der Waals surface area contributed by atoms with Gasteiger partial charge in [-0.2, -0.15) is 5.01 Å². The van der Waals surface area contributed by atoms with Crippen molar-refractivity contribution in [3.05, 3.63) is 63.0 Å². The number of carbonyl (C=O) groups is 3. The smallest absolute Gasteiger partial charge is 0.344 e. The van der Waals surface area contributed by atoms with Gasteiger partial charge in [0.25, 0.3) is 5.91 Å². The number of hydrogen-bond acceptors (Lipinski definition) is 7. The Morgan fingerprint density at radius 2 is 1.88 bits per heavy atom. The largest absolute Gasteiger partial charge is 0.482 e. The molecule has 2 aromatic carbocycles. The molecule has 2 N–H and O–H groups in total. The van der Waals surface area contributed by atoms with Gasteiger partial charge in [0.15, 0.2) is 10.9 Å². The van der Waals surface area contributed by atoms with Crippen LogP contribution in [-0.4, -0.2) is 40.5 Å². The Balaban J connectivity index is 1.60. The SMILES string of the molecule is CCOC(=O)COc1ccc(/C=C2\SC(=S)N(NC(=O)Nc3ccc(Cl)c(Cl)c3)C2=O)cc1. The average Bonchev–Trinajstić information content (AvgIpc) is 3.03. The number of carbonyl (C=O) groups excluding carboxylic acids is 3. The van der Waals surface area contributed by atoms with Crippen molar-refractivity contribution in [3.63, 3.8) is 0 Å². The summed E-state index contributed by atoms with van der Waals surface area (Å²) in [7, 11) is 0. The quantitative estimate of drug-likeness (QED) is 0.302. The number of nitrogens with one attached hydrogen (secondary N) is 2. The highest BCUT2D eigenvalue weighted by molar-refractivity contribution is 8.26. The number of urea groups is 1. The molecule has 33 heavy (non-hydrogen) atoms. The van der Waals surface area contributed by atoms with Crippen molar-refractivity contribution in [2.75, 3.05) is 18.5 Å². The zero-order valence-electron chi connectivity index (χ0n) is 17.1. The van der Waals surface area contributed by atoms with E-state index in [1.165, 1.54) is 12.1 Å². The zero-order chi connectivity index (χ0) is 24.0. The number of nitrogens with zero attached hydrogens (tertiary/aromatic N) is 1. The number of hydrogen-bond donors (Lipinski definition) is 2. The summed E-state index contributed by atoms with van der Waals surface area (Å²) in [4.78, 5) is 36.7. The average molecular weight is 526 g/mol. The van der Waals surface area contributed by atoms with Crippen LogP contribution in [0.3, 0.4) is 0 Å². The fourth-order valence-corrected chi connectivity index (χ4v) is 4.03. The fourth-order valence-electron chi connectivity index (χ4n) is 2.56. The maximum atomic E-state index is 12.7. The normalized spacial score (nSPS) is 14.4. The van der Waals surface area contributed by atoms with Crippen LogP contribution in [0, 0.1) is 0 Å². The first-order chi connectivity index (χ1) is 15.8. The molecule has 1 heterocycles. The van der Waals surface area contributed by atoms with E-state index < -0.39 is 17.9 Å². The van der Waals surface area contributed by atoms with E-state index in [-0.39, 0.29) is 22.6 Å². The molecule has 0 aromatic heterocycles. The Morgan fingerprint density at radius 1 is 1.15 bits per heavy atom. The Morgan fingerprint density at radius 3 is 2.55 bits per heavy atom. The summed E-state index contributed by atoms with van der Waals surface area (Å²) in [5, 5.41) is 4.16. The summed E-state index contributed by atoms with van der Waals surface area (Å²) < 4.78 is 10.3. The lowest BCUT2D eigenvalue weighted by Gasteiger charge is -2.16. The van der Waals surface area contributed by atoms with Crippen molar-refractivity contribution >= 4 is 81.2 Å². The lowest BCUT2D eigenvalue weighted by Crippen LogP contribution is -2.46. The van der Waals surface area contributed by atoms with Crippen molar-refractivity contribution in [3.8, 4) is 5.75 Å². The molecule has 8 nitrogen and oxygen atoms in total. The van der Waals surface area contributed by atoms with Gasteiger partial charge in [-0.1, -0.05) is 47.1 Å². The topological polar surface area (TPSA) is 97.0 Å². The Bertz CT molecular complexity index is 1130. The summed E-state index contributed by atoms with van der Waals surface area (Å²) in [6, 6.07) is 10.7. The number of rotatable bonds is 7. The van der Waals surface area contributed by atoms with Gasteiger partial charge in [-0.3, -0.25) is 4.79 Å². The third kappa shape index (κ3) is 6.84. The van der Waals surface area contributed by atoms with Crippen molar-refractivity contribution in [1.29, 1.82) is 0 Å². The van der Waals surface area contributed by atoms with Crippen molar-refractivity contribution in [2.24, 2.45) is 0 Å². The van der Waals surface area contributed by atoms with Crippen LogP contribution >= 0.6 is 47.2 Å². The molecular weight excluding hydrogens is 509 g/mol. The summed E-state index contributed by atoms with van der Waals surface area (Å²) in [5.41, 5.74) is 3.52. The second-order valence-corrected chi connectivity index (χ2v) is 8.86. The van der Waals surface area contributed by atoms with Crippen LogP contribution in [0.5, 0.6) is 5.75 Å². The molecule has 0 unspecified atom stereocenters. The number of halogens is 2. The number of hydrazine groups is 1. The van der Waals surface area contributed by atoms with Crippen LogP contribution < -0.4 is 15.5 Å². The first-order valence-electron chi connectivity index (χ1n) is 9.46. The van der Waals surface area contributed by atoms with Crippen LogP contribution in [0.25, 0.3) is 6.08 Å². The number of ether oxygens (including phenoxy) is 2. The van der Waals surface area contributed by atoms with E-state index in [0.29, 0.717) is 26.9 Å². The molecule has 2 aromatic rings. The molecule has 172 valence electrons. The van der Waals surface area contributed by atoms with Crippen molar-refractivity contribution < 1.29 is 23.9 Å². The standard InChI is InChI=1S/C21H17Cl2N3O5S2/c1-2-30-18(27)11-31-14-6-3-12(4-7-14)9-17-19(28)26(21(32)33-17)25-20(29)24-13-5-8-15(22)16(23)10-13/h3-10H,2,11H2,1H3,(H2,24,25,29)/b17-9-. The van der Waals surface area contributed by atoms with Gasteiger partial charge in [0.2, 0.25) is 0 Å². The highest BCUT2D eigenvalue weighted by Gasteiger charge is 2.33. The zero-order valence-corrected chi connectivity index (χ0v) is 20.2. The predicted molar refractivity (Wildman–Crippen MR) is 132 cm³/mol. The summed E-state index contributed by atoms with van der Waals surface area (Å²) >= 11 is 18.1. The Hall–Kier alpha value is -2.79. The molecule has 12 heteroatoms. The number of amides is 3. The third-order valence-electron chi connectivity index (χ3n) is 4.02. The summed E-state index contributed by atoms with van der Waals surface area (Å²) in [6.07, 6.45) is 1.63. The summed E-state index contributed by atoms with van der Waals surface area (Å²) in [6.45, 7) is 1.81. The van der Waals surface area contributed by atoms with Gasteiger partial charge in [-0.25, -0.2) is 15.0 Å². The van der Waals surface area contributed by atoms with Gasteiger partial charge in [-0.15, -0.1) is 0 Å². The highest BCUT2D eigenvalue weighted by Crippen LogP contribution is 2.32. The first-order valence-corrected chi connectivity index (χ1v) is 11.4. The minimum atomic E-state index is -0.672. The maximum Gasteiger partial charge on any atom is 0.344 e. The Labute approximate surface area is 209 Å². The lowest BCUT2D eigenvalue weighted by atomic mass is 10.2. The molecule has 0 spiro atoms. The van der Waals surface area contributed by atoms with E-state index in [1.807, 2.05) is 0 Å². The highest BCUT2D eigenvalue weighted by atomic mass is 35.5. The second kappa shape index (κ2) is 11.4. The maximum absolute atomic E-state index is 12.7.